The van der Waals surface area contributed by atoms with Crippen molar-refractivity contribution in [2.24, 2.45) is 0 Å². The number of benzene rings is 1. The van der Waals surface area contributed by atoms with Crippen LogP contribution in [0.4, 0.5) is 13.9 Å². The Morgan fingerprint density at radius 3 is 2.89 bits per heavy atom. The van der Waals surface area contributed by atoms with Crippen LogP contribution in [0, 0.1) is 6.92 Å². The Morgan fingerprint density at radius 1 is 1.33 bits per heavy atom. The highest BCUT2D eigenvalue weighted by molar-refractivity contribution is 7.99. The van der Waals surface area contributed by atoms with Crippen LogP contribution < -0.4 is 5.32 Å². The molecule has 0 fully saturated rings. The zero-order chi connectivity index (χ0) is 19.4. The van der Waals surface area contributed by atoms with Crippen LogP contribution in [0.15, 0.2) is 47.8 Å². The van der Waals surface area contributed by atoms with E-state index in [2.05, 4.69) is 15.3 Å². The van der Waals surface area contributed by atoms with E-state index in [0.29, 0.717) is 16.6 Å². The summed E-state index contributed by atoms with van der Waals surface area (Å²) >= 11 is 7.70. The Hall–Kier alpha value is -2.03. The maximum absolute atomic E-state index is 12.6. The molecule has 0 saturated heterocycles. The van der Waals surface area contributed by atoms with Gasteiger partial charge in [-0.15, -0.1) is 11.3 Å². The van der Waals surface area contributed by atoms with E-state index in [1.54, 1.807) is 6.20 Å². The van der Waals surface area contributed by atoms with Crippen molar-refractivity contribution in [2.45, 2.75) is 24.1 Å². The molecule has 0 aliphatic heterocycles. The zero-order valence-corrected chi connectivity index (χ0v) is 16.5. The lowest BCUT2D eigenvalue weighted by Crippen LogP contribution is -2.13. The van der Waals surface area contributed by atoms with E-state index in [-0.39, 0.29) is 22.4 Å². The van der Waals surface area contributed by atoms with E-state index in [0.717, 1.165) is 16.0 Å². The second-order valence-corrected chi connectivity index (χ2v) is 8.08. The van der Waals surface area contributed by atoms with Crippen LogP contribution in [0.25, 0.3) is 0 Å². The van der Waals surface area contributed by atoms with Gasteiger partial charge >= 0.3 is 0 Å². The summed E-state index contributed by atoms with van der Waals surface area (Å²) in [5.41, 5.74) is 2.13. The Kier molecular flexibility index (Phi) is 6.41. The van der Waals surface area contributed by atoms with Gasteiger partial charge < -0.3 is 0 Å². The van der Waals surface area contributed by atoms with Crippen LogP contribution in [0.1, 0.15) is 26.4 Å². The van der Waals surface area contributed by atoms with Crippen LogP contribution in [0.5, 0.6) is 0 Å². The molecule has 1 aromatic carbocycles. The van der Waals surface area contributed by atoms with Crippen LogP contribution >= 0.6 is 34.7 Å². The molecule has 4 nitrogen and oxygen atoms in total. The maximum Gasteiger partial charge on any atom is 0.290 e. The molecule has 0 radical (unpaired) electrons. The van der Waals surface area contributed by atoms with Crippen molar-refractivity contribution >= 4 is 45.7 Å². The largest absolute Gasteiger partial charge is 0.298 e. The third-order valence-corrected chi connectivity index (χ3v) is 5.65. The molecule has 3 rings (SSSR count). The van der Waals surface area contributed by atoms with Crippen LogP contribution in [0.3, 0.4) is 0 Å². The third-order valence-electron chi connectivity index (χ3n) is 3.61. The van der Waals surface area contributed by atoms with Crippen molar-refractivity contribution in [1.29, 1.82) is 0 Å². The molecule has 1 N–H and O–H groups in total. The van der Waals surface area contributed by atoms with Gasteiger partial charge in [0.25, 0.3) is 11.7 Å². The Bertz CT molecular complexity index is 965. The van der Waals surface area contributed by atoms with Gasteiger partial charge in [0.05, 0.1) is 5.56 Å². The number of nitrogens with one attached hydrogen (secondary N) is 1. The Morgan fingerprint density at radius 2 is 2.15 bits per heavy atom. The first-order valence-corrected chi connectivity index (χ1v) is 9.90. The number of rotatable bonds is 6. The minimum atomic E-state index is -2.65. The van der Waals surface area contributed by atoms with Gasteiger partial charge in [-0.05, 0) is 48.0 Å². The summed E-state index contributed by atoms with van der Waals surface area (Å²) in [5, 5.41) is 3.72. The number of aryl methyl sites for hydroxylation is 1. The standard InChI is InChI=1S/C18H14ClF2N3OS2/c1-10-4-5-11(8-14(10)19)7-12-9-23-18(26-12)24-15(25)13-3-2-6-22-16(13)27-17(20)21/h2-6,8-9,17H,7H2,1H3,(H,23,24,25). The lowest BCUT2D eigenvalue weighted by molar-refractivity contribution is 0.102. The second-order valence-electron chi connectivity index (χ2n) is 5.58. The molecule has 0 aliphatic carbocycles. The molecule has 140 valence electrons. The molecule has 1 amide bonds. The van der Waals surface area contributed by atoms with Crippen molar-refractivity contribution in [3.8, 4) is 0 Å². The van der Waals surface area contributed by atoms with E-state index in [4.69, 9.17) is 11.6 Å². The monoisotopic (exact) mass is 425 g/mol. The number of alkyl halides is 2. The zero-order valence-electron chi connectivity index (χ0n) is 14.1. The Balaban J connectivity index is 1.70. The number of amides is 1. The second kappa shape index (κ2) is 8.77. The van der Waals surface area contributed by atoms with Crippen molar-refractivity contribution in [3.05, 3.63) is 69.3 Å². The molecule has 3 aromatic rings. The molecular weight excluding hydrogens is 412 g/mol. The number of thiazole rings is 1. The summed E-state index contributed by atoms with van der Waals surface area (Å²) in [7, 11) is 0. The molecule has 27 heavy (non-hydrogen) atoms. The number of nitrogens with zero attached hydrogens (tertiary/aromatic N) is 2. The number of pyridine rings is 1. The first-order valence-electron chi connectivity index (χ1n) is 7.83. The molecule has 0 aliphatic rings. The fourth-order valence-corrected chi connectivity index (χ4v) is 3.92. The molecule has 2 heterocycles. The molecule has 2 aromatic heterocycles. The lowest BCUT2D eigenvalue weighted by Gasteiger charge is -2.06. The van der Waals surface area contributed by atoms with E-state index >= 15 is 0 Å². The van der Waals surface area contributed by atoms with E-state index in [1.807, 2.05) is 25.1 Å². The summed E-state index contributed by atoms with van der Waals surface area (Å²) in [6.07, 6.45) is 3.68. The minimum Gasteiger partial charge on any atom is -0.298 e. The molecular formula is C18H14ClF2N3OS2. The summed E-state index contributed by atoms with van der Waals surface area (Å²) < 4.78 is 25.3. The summed E-state index contributed by atoms with van der Waals surface area (Å²) in [5.74, 6) is -3.18. The van der Waals surface area contributed by atoms with Crippen LogP contribution in [0.2, 0.25) is 5.02 Å². The van der Waals surface area contributed by atoms with Gasteiger partial charge in [-0.1, -0.05) is 23.7 Å². The number of hydrogen-bond donors (Lipinski definition) is 1. The third kappa shape index (κ3) is 5.24. The van der Waals surface area contributed by atoms with Gasteiger partial charge in [-0.3, -0.25) is 10.1 Å². The number of carbonyl (C=O) groups is 1. The van der Waals surface area contributed by atoms with Gasteiger partial charge in [0.1, 0.15) is 5.03 Å². The average Bonchev–Trinajstić information content (AvgIpc) is 3.05. The van der Waals surface area contributed by atoms with E-state index < -0.39 is 11.7 Å². The number of hydrogen-bond acceptors (Lipinski definition) is 5. The first-order chi connectivity index (χ1) is 12.9. The SMILES string of the molecule is Cc1ccc(Cc2cnc(NC(=O)c3cccnc3SC(F)F)s2)cc1Cl. The van der Waals surface area contributed by atoms with Gasteiger partial charge in [0.15, 0.2) is 5.13 Å². The quantitative estimate of drug-likeness (QED) is 0.518. The van der Waals surface area contributed by atoms with Gasteiger partial charge in [0.2, 0.25) is 0 Å². The summed E-state index contributed by atoms with van der Waals surface area (Å²) in [6.45, 7) is 1.94. The molecule has 0 atom stereocenters. The smallest absolute Gasteiger partial charge is 0.290 e. The molecule has 0 unspecified atom stereocenters. The van der Waals surface area contributed by atoms with Gasteiger partial charge in [0, 0.05) is 28.7 Å². The van der Waals surface area contributed by atoms with Crippen molar-refractivity contribution in [1.82, 2.24) is 9.97 Å². The summed E-state index contributed by atoms with van der Waals surface area (Å²) in [4.78, 5) is 21.4. The van der Waals surface area contributed by atoms with E-state index in [1.165, 1.54) is 29.7 Å². The molecule has 0 bridgehead atoms. The van der Waals surface area contributed by atoms with Gasteiger partial charge in [-0.25, -0.2) is 9.97 Å². The predicted molar refractivity (Wildman–Crippen MR) is 105 cm³/mol. The minimum absolute atomic E-state index is 0.0175. The Labute approximate surface area is 168 Å². The number of halogens is 3. The van der Waals surface area contributed by atoms with Crippen molar-refractivity contribution in [3.63, 3.8) is 0 Å². The number of carbonyl (C=O) groups excluding carboxylic acids is 1. The van der Waals surface area contributed by atoms with Crippen LogP contribution in [-0.4, -0.2) is 21.6 Å². The van der Waals surface area contributed by atoms with Crippen molar-refractivity contribution < 1.29 is 13.6 Å². The highest BCUT2D eigenvalue weighted by Crippen LogP contribution is 2.28. The highest BCUT2D eigenvalue weighted by Gasteiger charge is 2.17. The molecule has 9 heteroatoms. The number of anilines is 1. The highest BCUT2D eigenvalue weighted by atomic mass is 35.5. The fourth-order valence-electron chi connectivity index (χ4n) is 2.30. The maximum atomic E-state index is 12.6. The number of aromatic nitrogens is 2. The first kappa shape index (κ1) is 19.7. The van der Waals surface area contributed by atoms with Gasteiger partial charge in [-0.2, -0.15) is 8.78 Å². The van der Waals surface area contributed by atoms with Crippen LogP contribution in [-0.2, 0) is 6.42 Å². The normalized spacial score (nSPS) is 11.0. The summed E-state index contributed by atoms with van der Waals surface area (Å²) in [6, 6.07) is 8.82. The molecule has 0 saturated carbocycles. The lowest BCUT2D eigenvalue weighted by atomic mass is 10.1. The average molecular weight is 426 g/mol. The molecule has 0 spiro atoms. The van der Waals surface area contributed by atoms with Crippen molar-refractivity contribution in [2.75, 3.05) is 5.32 Å². The van der Waals surface area contributed by atoms with E-state index in [9.17, 15) is 13.6 Å². The number of thioether (sulfide) groups is 1. The predicted octanol–water partition coefficient (Wildman–Crippen LogP) is 5.66. The topological polar surface area (TPSA) is 54.9 Å². The fraction of sp³-hybridized carbons (Fsp3) is 0.167.